The zero-order chi connectivity index (χ0) is 42.5. The summed E-state index contributed by atoms with van der Waals surface area (Å²) in [6.45, 7) is 10.4. The first kappa shape index (κ1) is 48.3. The first-order valence-electron chi connectivity index (χ1n) is 24.0. The molecule has 2 N–H and O–H groups in total. The number of ether oxygens (including phenoxy) is 2. The molecule has 0 bridgehead atoms. The summed E-state index contributed by atoms with van der Waals surface area (Å²) in [5.41, 5.74) is 1.73. The van der Waals surface area contributed by atoms with Crippen molar-refractivity contribution in [3.8, 4) is 11.5 Å². The van der Waals surface area contributed by atoms with Crippen molar-refractivity contribution in [1.82, 2.24) is 10.6 Å². The van der Waals surface area contributed by atoms with Crippen LogP contribution in [-0.2, 0) is 0 Å². The molecule has 0 fully saturated rings. The molecule has 0 aliphatic heterocycles. The maximum Gasteiger partial charge on any atom is 0.255 e. The number of nitrogens with one attached hydrogen (secondary N) is 2. The smallest absolute Gasteiger partial charge is 0.255 e. The number of carbonyl (C=O) groups excluding carboxylic acids is 2. The maximum atomic E-state index is 13.5. The van der Waals surface area contributed by atoms with E-state index in [0.717, 1.165) is 47.2 Å². The Kier molecular flexibility index (Phi) is 24.0. The van der Waals surface area contributed by atoms with E-state index in [0.29, 0.717) is 41.3 Å². The number of fused-ring (bicyclic) bond motifs is 2. The minimum Gasteiger partial charge on any atom is -0.488 e. The molecule has 60 heavy (non-hydrogen) atoms. The topological polar surface area (TPSA) is 76.7 Å². The Morgan fingerprint density at radius 1 is 0.433 bits per heavy atom. The molecule has 0 saturated carbocycles. The van der Waals surface area contributed by atoms with E-state index < -0.39 is 0 Å². The van der Waals surface area contributed by atoms with Crippen LogP contribution in [0.1, 0.15) is 189 Å². The van der Waals surface area contributed by atoms with E-state index in [1.807, 2.05) is 72.8 Å². The van der Waals surface area contributed by atoms with Gasteiger partial charge in [0.2, 0.25) is 0 Å². The molecule has 0 spiro atoms. The fourth-order valence-electron chi connectivity index (χ4n) is 7.96. The standard InChI is InChI=1S/C54H78N2O4/c1-4-6-8-10-12-14-16-18-20-22-24-30-36-55-53(57)49-38-45-32-26-28-34-47(45)40-51(49)59-42-44(3)43-60-52-41-48-35-29-27-33-46(48)39-50(52)54(58)56-37-31-25-23-21-19-17-15-13-11-9-7-5-2/h26-29,32-35,38-41H,3-25,30-31,36-37,42-43H2,1-2H3,(H,55,57)(H,56,58). The highest BCUT2D eigenvalue weighted by molar-refractivity contribution is 6.02. The third kappa shape index (κ3) is 18.5. The molecule has 0 heterocycles. The minimum atomic E-state index is -0.129. The van der Waals surface area contributed by atoms with Gasteiger partial charge in [-0.25, -0.2) is 0 Å². The van der Waals surface area contributed by atoms with Crippen LogP contribution in [0, 0.1) is 0 Å². The SMILES string of the molecule is C=C(COc1cc2ccccc2cc1C(=O)NCCCCCCCCCCCCCC)COc1cc2ccccc2cc1C(=O)NCCCCCCCCCCCCCC. The summed E-state index contributed by atoms with van der Waals surface area (Å²) in [7, 11) is 0. The third-order valence-corrected chi connectivity index (χ3v) is 11.7. The van der Waals surface area contributed by atoms with Crippen molar-refractivity contribution >= 4 is 33.4 Å². The van der Waals surface area contributed by atoms with E-state index in [9.17, 15) is 9.59 Å². The molecular weight excluding hydrogens is 741 g/mol. The molecule has 6 nitrogen and oxygen atoms in total. The first-order chi connectivity index (χ1) is 29.5. The average molecular weight is 819 g/mol. The highest BCUT2D eigenvalue weighted by Gasteiger charge is 2.17. The monoisotopic (exact) mass is 819 g/mol. The molecule has 0 atom stereocenters. The second-order valence-corrected chi connectivity index (χ2v) is 17.0. The van der Waals surface area contributed by atoms with Gasteiger partial charge in [-0.3, -0.25) is 9.59 Å². The number of hydrogen-bond donors (Lipinski definition) is 2. The lowest BCUT2D eigenvalue weighted by molar-refractivity contribution is 0.0941. The van der Waals surface area contributed by atoms with Crippen molar-refractivity contribution in [3.63, 3.8) is 0 Å². The van der Waals surface area contributed by atoms with Crippen LogP contribution < -0.4 is 20.1 Å². The van der Waals surface area contributed by atoms with Gasteiger partial charge in [-0.1, -0.05) is 210 Å². The van der Waals surface area contributed by atoms with Crippen LogP contribution in [0.4, 0.5) is 0 Å². The lowest BCUT2D eigenvalue weighted by Crippen LogP contribution is -2.25. The fraction of sp³-hybridized carbons (Fsp3) is 0.556. The number of amides is 2. The van der Waals surface area contributed by atoms with Crippen molar-refractivity contribution in [2.75, 3.05) is 26.3 Å². The number of carbonyl (C=O) groups is 2. The number of unbranched alkanes of at least 4 members (excludes halogenated alkanes) is 22. The summed E-state index contributed by atoms with van der Waals surface area (Å²) in [6.07, 6.45) is 30.8. The molecule has 4 aromatic carbocycles. The quantitative estimate of drug-likeness (QED) is 0.0364. The molecule has 2 amide bonds. The van der Waals surface area contributed by atoms with Gasteiger partial charge >= 0.3 is 0 Å². The fourth-order valence-corrected chi connectivity index (χ4v) is 7.96. The van der Waals surface area contributed by atoms with Crippen LogP contribution in [0.3, 0.4) is 0 Å². The van der Waals surface area contributed by atoms with Crippen LogP contribution in [-0.4, -0.2) is 38.1 Å². The van der Waals surface area contributed by atoms with Gasteiger partial charge in [0, 0.05) is 13.1 Å². The second kappa shape index (κ2) is 29.8. The average Bonchev–Trinajstić information content (AvgIpc) is 3.27. The Hall–Kier alpha value is -4.32. The lowest BCUT2D eigenvalue weighted by Gasteiger charge is -2.16. The molecule has 0 aromatic heterocycles. The molecule has 0 aliphatic carbocycles. The summed E-state index contributed by atoms with van der Waals surface area (Å²) in [4.78, 5) is 27.0. The normalized spacial score (nSPS) is 11.2. The van der Waals surface area contributed by atoms with Crippen LogP contribution in [0.25, 0.3) is 21.5 Å². The van der Waals surface area contributed by atoms with Crippen molar-refractivity contribution in [2.45, 2.75) is 168 Å². The Balaban J connectivity index is 1.22. The Morgan fingerprint density at radius 3 is 1.03 bits per heavy atom. The van der Waals surface area contributed by atoms with Crippen molar-refractivity contribution in [3.05, 3.63) is 96.1 Å². The Morgan fingerprint density at radius 2 is 0.717 bits per heavy atom. The van der Waals surface area contributed by atoms with Crippen LogP contribution in [0.5, 0.6) is 11.5 Å². The summed E-state index contributed by atoms with van der Waals surface area (Å²) in [6, 6.07) is 23.7. The van der Waals surface area contributed by atoms with Gasteiger partial charge in [-0.2, -0.15) is 0 Å². The van der Waals surface area contributed by atoms with Gasteiger partial charge in [0.05, 0.1) is 11.1 Å². The van der Waals surface area contributed by atoms with Gasteiger partial charge in [-0.05, 0) is 64.2 Å². The number of rotatable bonds is 34. The highest BCUT2D eigenvalue weighted by Crippen LogP contribution is 2.29. The predicted octanol–water partition coefficient (Wildman–Crippen LogP) is 14.9. The van der Waals surface area contributed by atoms with E-state index in [1.54, 1.807) is 0 Å². The summed E-state index contributed by atoms with van der Waals surface area (Å²) >= 11 is 0. The molecule has 0 radical (unpaired) electrons. The predicted molar refractivity (Wildman–Crippen MR) is 255 cm³/mol. The highest BCUT2D eigenvalue weighted by atomic mass is 16.5. The zero-order valence-corrected chi connectivity index (χ0v) is 37.6. The number of hydrogen-bond acceptors (Lipinski definition) is 4. The van der Waals surface area contributed by atoms with Crippen molar-refractivity contribution in [2.24, 2.45) is 0 Å². The van der Waals surface area contributed by atoms with Crippen molar-refractivity contribution in [1.29, 1.82) is 0 Å². The summed E-state index contributed by atoms with van der Waals surface area (Å²) in [5, 5.41) is 10.3. The largest absolute Gasteiger partial charge is 0.488 e. The van der Waals surface area contributed by atoms with Gasteiger partial charge in [0.1, 0.15) is 24.7 Å². The van der Waals surface area contributed by atoms with E-state index in [1.165, 1.54) is 128 Å². The number of benzene rings is 4. The molecule has 6 heteroatoms. The summed E-state index contributed by atoms with van der Waals surface area (Å²) in [5.74, 6) is 0.781. The molecular formula is C54H78N2O4. The van der Waals surface area contributed by atoms with Gasteiger partial charge < -0.3 is 20.1 Å². The molecule has 4 rings (SSSR count). The molecule has 0 aliphatic rings. The van der Waals surface area contributed by atoms with Crippen molar-refractivity contribution < 1.29 is 19.1 Å². The van der Waals surface area contributed by atoms with E-state index in [-0.39, 0.29) is 25.0 Å². The maximum absolute atomic E-state index is 13.5. The molecule has 4 aromatic rings. The van der Waals surface area contributed by atoms with E-state index in [2.05, 4.69) is 31.1 Å². The van der Waals surface area contributed by atoms with Gasteiger partial charge in [0.25, 0.3) is 11.8 Å². The lowest BCUT2D eigenvalue weighted by atomic mass is 10.0. The minimum absolute atomic E-state index is 0.129. The second-order valence-electron chi connectivity index (χ2n) is 17.0. The Labute approximate surface area is 363 Å². The summed E-state index contributed by atoms with van der Waals surface area (Å²) < 4.78 is 12.6. The third-order valence-electron chi connectivity index (χ3n) is 11.7. The van der Waals surface area contributed by atoms with Crippen LogP contribution >= 0.6 is 0 Å². The first-order valence-corrected chi connectivity index (χ1v) is 24.0. The van der Waals surface area contributed by atoms with E-state index >= 15 is 0 Å². The Bertz CT molecular complexity index is 1700. The molecule has 0 unspecified atom stereocenters. The zero-order valence-electron chi connectivity index (χ0n) is 37.6. The molecule has 0 saturated heterocycles. The van der Waals surface area contributed by atoms with E-state index in [4.69, 9.17) is 9.47 Å². The van der Waals surface area contributed by atoms with Crippen LogP contribution in [0.15, 0.2) is 84.9 Å². The van der Waals surface area contributed by atoms with Gasteiger partial charge in [0.15, 0.2) is 0 Å². The van der Waals surface area contributed by atoms with Crippen LogP contribution in [0.2, 0.25) is 0 Å². The molecule has 328 valence electrons. The van der Waals surface area contributed by atoms with Gasteiger partial charge in [-0.15, -0.1) is 0 Å².